The van der Waals surface area contributed by atoms with Crippen molar-refractivity contribution in [3.63, 3.8) is 0 Å². The second-order valence-electron chi connectivity index (χ2n) is 6.08. The van der Waals surface area contributed by atoms with Crippen LogP contribution in [0.3, 0.4) is 0 Å². The van der Waals surface area contributed by atoms with Gasteiger partial charge in [-0.05, 0) is 40.0 Å². The van der Waals surface area contributed by atoms with Crippen molar-refractivity contribution in [2.24, 2.45) is 0 Å². The van der Waals surface area contributed by atoms with Gasteiger partial charge in [-0.1, -0.05) is 6.92 Å². The molecule has 0 saturated heterocycles. The van der Waals surface area contributed by atoms with Crippen molar-refractivity contribution in [1.82, 2.24) is 5.32 Å². The van der Waals surface area contributed by atoms with Gasteiger partial charge in [-0.2, -0.15) is 0 Å². The Morgan fingerprint density at radius 3 is 2.63 bits per heavy atom. The summed E-state index contributed by atoms with van der Waals surface area (Å²) in [5.74, 6) is 2.44. The van der Waals surface area contributed by atoms with E-state index < -0.39 is 6.09 Å². The summed E-state index contributed by atoms with van der Waals surface area (Å²) in [7, 11) is 0. The fourth-order valence-electron chi connectivity index (χ4n) is 2.37. The number of furan rings is 1. The normalized spacial score (nSPS) is 14.9. The molecule has 0 aromatic carbocycles. The third-order valence-corrected chi connectivity index (χ3v) is 3.18. The Kier molecular flexibility index (Phi) is 3.88. The molecule has 0 bridgehead atoms. The van der Waals surface area contributed by atoms with Crippen LogP contribution in [-0.2, 0) is 19.3 Å². The Balaban J connectivity index is 2.19. The predicted molar refractivity (Wildman–Crippen MR) is 73.6 cm³/mol. The summed E-state index contributed by atoms with van der Waals surface area (Å²) in [4.78, 5) is 11.9. The smallest absolute Gasteiger partial charge is 0.413 e. The molecule has 2 rings (SSSR count). The first-order chi connectivity index (χ1) is 8.90. The van der Waals surface area contributed by atoms with E-state index in [9.17, 15) is 4.79 Å². The summed E-state index contributed by atoms with van der Waals surface area (Å²) in [6, 6.07) is 0. The molecule has 0 radical (unpaired) electrons. The van der Waals surface area contributed by atoms with Gasteiger partial charge in [0.1, 0.15) is 11.5 Å². The molecule has 106 valence electrons. The van der Waals surface area contributed by atoms with E-state index in [2.05, 4.69) is 5.32 Å². The number of rotatable bonds is 2. The van der Waals surface area contributed by atoms with Gasteiger partial charge in [0.25, 0.3) is 0 Å². The summed E-state index contributed by atoms with van der Waals surface area (Å²) in [6.45, 7) is 7.80. The number of carbonyl (C=O) groups excluding carboxylic acids is 1. The zero-order chi connectivity index (χ0) is 14.0. The topological polar surface area (TPSA) is 51.5 Å². The molecule has 0 aliphatic heterocycles. The molecular weight excluding hydrogens is 242 g/mol. The zero-order valence-corrected chi connectivity index (χ0v) is 12.3. The quantitative estimate of drug-likeness (QED) is 0.888. The molecule has 0 spiro atoms. The van der Waals surface area contributed by atoms with Crippen LogP contribution >= 0.6 is 0 Å². The molecule has 0 unspecified atom stereocenters. The lowest BCUT2D eigenvalue weighted by molar-refractivity contribution is 0.189. The van der Waals surface area contributed by atoms with E-state index in [1.807, 2.05) is 27.7 Å². The molecule has 1 heterocycles. The van der Waals surface area contributed by atoms with Gasteiger partial charge in [0.05, 0.1) is 0 Å². The van der Waals surface area contributed by atoms with E-state index in [0.29, 0.717) is 5.75 Å². The number of fused-ring (bicyclic) bond motifs is 1. The minimum Gasteiger partial charge on any atom is -0.462 e. The van der Waals surface area contributed by atoms with Crippen LogP contribution in [0.4, 0.5) is 4.79 Å². The minimum absolute atomic E-state index is 0.298. The van der Waals surface area contributed by atoms with Crippen LogP contribution in [0.25, 0.3) is 0 Å². The summed E-state index contributed by atoms with van der Waals surface area (Å²) in [5.41, 5.74) is 0.792. The molecule has 0 atom stereocenters. The zero-order valence-electron chi connectivity index (χ0n) is 12.3. The summed E-state index contributed by atoms with van der Waals surface area (Å²) in [5, 5.41) is 2.81. The first-order valence-electron chi connectivity index (χ1n) is 7.04. The fourth-order valence-corrected chi connectivity index (χ4v) is 2.37. The van der Waals surface area contributed by atoms with E-state index in [-0.39, 0.29) is 5.54 Å². The maximum atomic E-state index is 11.9. The lowest BCUT2D eigenvalue weighted by Gasteiger charge is -2.20. The molecule has 4 nitrogen and oxygen atoms in total. The van der Waals surface area contributed by atoms with E-state index in [1.54, 1.807) is 0 Å². The monoisotopic (exact) mass is 265 g/mol. The molecule has 1 aliphatic carbocycles. The summed E-state index contributed by atoms with van der Waals surface area (Å²) in [6.07, 6.45) is 4.51. The Hall–Kier alpha value is -1.45. The van der Waals surface area contributed by atoms with Gasteiger partial charge >= 0.3 is 6.09 Å². The van der Waals surface area contributed by atoms with Gasteiger partial charge in [0, 0.05) is 23.9 Å². The largest absolute Gasteiger partial charge is 0.462 e. The number of hydrogen-bond donors (Lipinski definition) is 1. The maximum Gasteiger partial charge on any atom is 0.413 e. The third kappa shape index (κ3) is 3.31. The predicted octanol–water partition coefficient (Wildman–Crippen LogP) is 3.61. The Labute approximate surface area is 114 Å². The highest BCUT2D eigenvalue weighted by Crippen LogP contribution is 2.36. The second-order valence-corrected chi connectivity index (χ2v) is 6.08. The SMILES string of the molecule is CCc1oc2c(c1OC(=O)NC(C)(C)C)CCCC2. The highest BCUT2D eigenvalue weighted by Gasteiger charge is 2.26. The number of carbonyl (C=O) groups is 1. The van der Waals surface area contributed by atoms with Crippen LogP contribution in [0, 0.1) is 0 Å². The Bertz CT molecular complexity index is 468. The van der Waals surface area contributed by atoms with Crippen LogP contribution in [0.5, 0.6) is 5.75 Å². The van der Waals surface area contributed by atoms with Gasteiger partial charge in [0.15, 0.2) is 5.75 Å². The number of amides is 1. The van der Waals surface area contributed by atoms with Crippen molar-refractivity contribution in [3.8, 4) is 5.75 Å². The molecule has 1 amide bonds. The Morgan fingerprint density at radius 2 is 2.00 bits per heavy atom. The fraction of sp³-hybridized carbons (Fsp3) is 0.667. The van der Waals surface area contributed by atoms with Crippen LogP contribution in [0.15, 0.2) is 4.42 Å². The number of ether oxygens (including phenoxy) is 1. The van der Waals surface area contributed by atoms with Gasteiger partial charge in [-0.3, -0.25) is 0 Å². The molecule has 1 aromatic rings. The third-order valence-electron chi connectivity index (χ3n) is 3.18. The first-order valence-corrected chi connectivity index (χ1v) is 7.04. The van der Waals surface area contributed by atoms with Crippen molar-refractivity contribution in [1.29, 1.82) is 0 Å². The van der Waals surface area contributed by atoms with Crippen LogP contribution in [0.2, 0.25) is 0 Å². The second kappa shape index (κ2) is 5.27. The number of nitrogens with one attached hydrogen (secondary N) is 1. The maximum absolute atomic E-state index is 11.9. The van der Waals surface area contributed by atoms with Gasteiger partial charge in [0.2, 0.25) is 0 Å². The van der Waals surface area contributed by atoms with E-state index >= 15 is 0 Å². The molecule has 1 N–H and O–H groups in total. The molecule has 4 heteroatoms. The van der Waals surface area contributed by atoms with Crippen LogP contribution in [-0.4, -0.2) is 11.6 Å². The highest BCUT2D eigenvalue weighted by atomic mass is 16.6. The van der Waals surface area contributed by atoms with Crippen molar-refractivity contribution in [2.75, 3.05) is 0 Å². The first kappa shape index (κ1) is 14.0. The highest BCUT2D eigenvalue weighted by molar-refractivity contribution is 5.72. The van der Waals surface area contributed by atoms with Crippen molar-refractivity contribution in [2.45, 2.75) is 65.3 Å². The average molecular weight is 265 g/mol. The van der Waals surface area contributed by atoms with E-state index in [1.165, 1.54) is 0 Å². The summed E-state index contributed by atoms with van der Waals surface area (Å²) >= 11 is 0. The molecule has 1 aliphatic rings. The molecular formula is C15H23NO3. The lowest BCUT2D eigenvalue weighted by atomic mass is 9.98. The van der Waals surface area contributed by atoms with Crippen molar-refractivity contribution >= 4 is 6.09 Å². The summed E-state index contributed by atoms with van der Waals surface area (Å²) < 4.78 is 11.3. The molecule has 0 fully saturated rings. The van der Waals surface area contributed by atoms with Crippen molar-refractivity contribution in [3.05, 3.63) is 17.1 Å². The molecule has 0 saturated carbocycles. The van der Waals surface area contributed by atoms with Gasteiger partial charge < -0.3 is 14.5 Å². The van der Waals surface area contributed by atoms with Gasteiger partial charge in [-0.25, -0.2) is 4.79 Å². The van der Waals surface area contributed by atoms with Crippen LogP contribution < -0.4 is 10.1 Å². The molecule has 19 heavy (non-hydrogen) atoms. The number of aryl methyl sites for hydroxylation is 2. The Morgan fingerprint density at radius 1 is 1.32 bits per heavy atom. The average Bonchev–Trinajstić information content (AvgIpc) is 2.65. The van der Waals surface area contributed by atoms with Crippen LogP contribution in [0.1, 0.15) is 57.6 Å². The standard InChI is InChI=1S/C15H23NO3/c1-5-11-13(19-14(17)16-15(2,3)4)10-8-6-7-9-12(10)18-11/h5-9H2,1-4H3,(H,16,17). The number of hydrogen-bond acceptors (Lipinski definition) is 3. The molecule has 1 aromatic heterocycles. The van der Waals surface area contributed by atoms with Gasteiger partial charge in [-0.15, -0.1) is 0 Å². The van der Waals surface area contributed by atoms with E-state index in [4.69, 9.17) is 9.15 Å². The lowest BCUT2D eigenvalue weighted by Crippen LogP contribution is -2.42. The minimum atomic E-state index is -0.406. The van der Waals surface area contributed by atoms with E-state index in [0.717, 1.165) is 49.2 Å². The van der Waals surface area contributed by atoms with Crippen molar-refractivity contribution < 1.29 is 13.9 Å².